The van der Waals surface area contributed by atoms with Gasteiger partial charge in [0.25, 0.3) is 0 Å². The molecule has 0 aromatic carbocycles. The monoisotopic (exact) mass is 233 g/mol. The predicted molar refractivity (Wildman–Crippen MR) is 65.9 cm³/mol. The van der Waals surface area contributed by atoms with E-state index in [1.165, 1.54) is 6.42 Å². The minimum Gasteiger partial charge on any atom is -0.382 e. The van der Waals surface area contributed by atoms with Crippen molar-refractivity contribution in [2.75, 3.05) is 46.6 Å². The molecule has 98 valence electrons. The number of ether oxygens (including phenoxy) is 3. The molecule has 0 aromatic heterocycles. The highest BCUT2D eigenvalue weighted by Gasteiger charge is 2.01. The van der Waals surface area contributed by atoms with E-state index in [4.69, 9.17) is 14.2 Å². The van der Waals surface area contributed by atoms with Gasteiger partial charge in [-0.3, -0.25) is 0 Å². The Bertz CT molecular complexity index is 133. The van der Waals surface area contributed by atoms with Crippen molar-refractivity contribution in [1.82, 2.24) is 5.32 Å². The Morgan fingerprint density at radius 3 is 2.56 bits per heavy atom. The summed E-state index contributed by atoms with van der Waals surface area (Å²) in [4.78, 5) is 0. The Balaban J connectivity index is 3.08. The molecule has 4 nitrogen and oxygen atoms in total. The molecule has 0 radical (unpaired) electrons. The van der Waals surface area contributed by atoms with E-state index in [1.807, 2.05) is 0 Å². The van der Waals surface area contributed by atoms with Gasteiger partial charge in [-0.25, -0.2) is 0 Å². The van der Waals surface area contributed by atoms with Crippen LogP contribution < -0.4 is 5.32 Å². The number of rotatable bonds is 12. The summed E-state index contributed by atoms with van der Waals surface area (Å²) in [5.74, 6) is 0. The Morgan fingerprint density at radius 1 is 1.12 bits per heavy atom. The van der Waals surface area contributed by atoms with Crippen molar-refractivity contribution in [1.29, 1.82) is 0 Å². The van der Waals surface area contributed by atoms with E-state index in [0.717, 1.165) is 19.5 Å². The zero-order valence-electron chi connectivity index (χ0n) is 11.0. The molecule has 0 saturated carbocycles. The summed E-state index contributed by atoms with van der Waals surface area (Å²) in [5.41, 5.74) is 0. The summed E-state index contributed by atoms with van der Waals surface area (Å²) in [6.45, 7) is 8.98. The van der Waals surface area contributed by atoms with E-state index >= 15 is 0 Å². The van der Waals surface area contributed by atoms with Gasteiger partial charge in [-0.1, -0.05) is 6.92 Å². The average molecular weight is 233 g/mol. The second-order valence-corrected chi connectivity index (χ2v) is 3.78. The van der Waals surface area contributed by atoms with Crippen LogP contribution in [0.5, 0.6) is 0 Å². The molecule has 0 spiro atoms. The van der Waals surface area contributed by atoms with E-state index in [-0.39, 0.29) is 0 Å². The first-order valence-electron chi connectivity index (χ1n) is 6.20. The molecule has 0 aliphatic rings. The minimum atomic E-state index is 0.324. The largest absolute Gasteiger partial charge is 0.382 e. The molecule has 0 aromatic rings. The van der Waals surface area contributed by atoms with Gasteiger partial charge in [0, 0.05) is 7.11 Å². The Kier molecular flexibility index (Phi) is 12.8. The Hall–Kier alpha value is -0.160. The van der Waals surface area contributed by atoms with Gasteiger partial charge in [0.05, 0.1) is 32.5 Å². The number of methoxy groups -OCH3 is 1. The number of hydrogen-bond donors (Lipinski definition) is 1. The highest BCUT2D eigenvalue weighted by atomic mass is 16.5. The van der Waals surface area contributed by atoms with E-state index in [9.17, 15) is 0 Å². The van der Waals surface area contributed by atoms with E-state index in [2.05, 4.69) is 19.2 Å². The molecular weight excluding hydrogens is 206 g/mol. The quantitative estimate of drug-likeness (QED) is 0.518. The SMILES string of the molecule is CCNCCCC(C)OCCOCCOC. The maximum atomic E-state index is 5.61. The molecule has 1 N–H and O–H groups in total. The lowest BCUT2D eigenvalue weighted by atomic mass is 10.2. The molecule has 1 unspecified atom stereocenters. The first-order chi connectivity index (χ1) is 7.81. The van der Waals surface area contributed by atoms with Crippen molar-refractivity contribution in [3.63, 3.8) is 0 Å². The fourth-order valence-corrected chi connectivity index (χ4v) is 1.33. The smallest absolute Gasteiger partial charge is 0.0704 e. The summed E-state index contributed by atoms with van der Waals surface area (Å²) in [5, 5.41) is 3.30. The van der Waals surface area contributed by atoms with Crippen LogP contribution >= 0.6 is 0 Å². The number of nitrogens with one attached hydrogen (secondary N) is 1. The van der Waals surface area contributed by atoms with Crippen LogP contribution in [0.2, 0.25) is 0 Å². The van der Waals surface area contributed by atoms with Crippen LogP contribution in [0.15, 0.2) is 0 Å². The van der Waals surface area contributed by atoms with E-state index in [0.29, 0.717) is 32.5 Å². The lowest BCUT2D eigenvalue weighted by molar-refractivity contribution is -0.00317. The zero-order chi connectivity index (χ0) is 12.1. The molecule has 0 amide bonds. The average Bonchev–Trinajstić information content (AvgIpc) is 2.29. The zero-order valence-corrected chi connectivity index (χ0v) is 11.0. The van der Waals surface area contributed by atoms with Crippen molar-refractivity contribution in [3.8, 4) is 0 Å². The van der Waals surface area contributed by atoms with E-state index < -0.39 is 0 Å². The van der Waals surface area contributed by atoms with Crippen LogP contribution in [-0.4, -0.2) is 52.7 Å². The molecule has 4 heteroatoms. The van der Waals surface area contributed by atoms with Crippen molar-refractivity contribution in [2.24, 2.45) is 0 Å². The summed E-state index contributed by atoms with van der Waals surface area (Å²) in [6.07, 6.45) is 2.59. The van der Waals surface area contributed by atoms with Crippen molar-refractivity contribution >= 4 is 0 Å². The topological polar surface area (TPSA) is 39.7 Å². The molecule has 0 fully saturated rings. The lowest BCUT2D eigenvalue weighted by Gasteiger charge is -2.13. The third kappa shape index (κ3) is 11.9. The van der Waals surface area contributed by atoms with Crippen LogP contribution in [-0.2, 0) is 14.2 Å². The molecule has 1 atom stereocenters. The van der Waals surface area contributed by atoms with Crippen molar-refractivity contribution in [2.45, 2.75) is 32.8 Å². The van der Waals surface area contributed by atoms with Crippen LogP contribution in [0.25, 0.3) is 0 Å². The van der Waals surface area contributed by atoms with Crippen molar-refractivity contribution in [3.05, 3.63) is 0 Å². The van der Waals surface area contributed by atoms with Crippen molar-refractivity contribution < 1.29 is 14.2 Å². The third-order valence-corrected chi connectivity index (χ3v) is 2.28. The lowest BCUT2D eigenvalue weighted by Crippen LogP contribution is -2.18. The van der Waals surface area contributed by atoms with Gasteiger partial charge in [0.2, 0.25) is 0 Å². The van der Waals surface area contributed by atoms with Gasteiger partial charge < -0.3 is 19.5 Å². The fourth-order valence-electron chi connectivity index (χ4n) is 1.33. The minimum absolute atomic E-state index is 0.324. The summed E-state index contributed by atoms with van der Waals surface area (Å²) >= 11 is 0. The van der Waals surface area contributed by atoms with Gasteiger partial charge in [0.1, 0.15) is 0 Å². The second-order valence-electron chi connectivity index (χ2n) is 3.78. The molecule has 0 aliphatic heterocycles. The van der Waals surface area contributed by atoms with Gasteiger partial charge in [0.15, 0.2) is 0 Å². The van der Waals surface area contributed by atoms with Gasteiger partial charge in [-0.15, -0.1) is 0 Å². The van der Waals surface area contributed by atoms with Crippen LogP contribution in [0, 0.1) is 0 Å². The summed E-state index contributed by atoms with van der Waals surface area (Å²) in [7, 11) is 1.67. The molecule has 0 bridgehead atoms. The molecule has 0 aliphatic carbocycles. The summed E-state index contributed by atoms with van der Waals surface area (Å²) < 4.78 is 15.8. The predicted octanol–water partition coefficient (Wildman–Crippen LogP) is 1.44. The van der Waals surface area contributed by atoms with Gasteiger partial charge in [-0.05, 0) is 32.9 Å². The molecule has 0 heterocycles. The third-order valence-electron chi connectivity index (χ3n) is 2.28. The van der Waals surface area contributed by atoms with Gasteiger partial charge in [-0.2, -0.15) is 0 Å². The second kappa shape index (κ2) is 12.9. The number of hydrogen-bond acceptors (Lipinski definition) is 4. The van der Waals surface area contributed by atoms with Gasteiger partial charge >= 0.3 is 0 Å². The molecule has 0 rings (SSSR count). The Morgan fingerprint density at radius 2 is 1.88 bits per heavy atom. The molecule has 16 heavy (non-hydrogen) atoms. The van der Waals surface area contributed by atoms with E-state index in [1.54, 1.807) is 7.11 Å². The standard InChI is InChI=1S/C12H27NO3/c1-4-13-7-5-6-12(2)16-11-10-15-9-8-14-3/h12-13H,4-11H2,1-3H3. The first kappa shape index (κ1) is 15.8. The fraction of sp³-hybridized carbons (Fsp3) is 1.00. The van der Waals surface area contributed by atoms with Crippen LogP contribution in [0.3, 0.4) is 0 Å². The normalized spacial score (nSPS) is 12.9. The van der Waals surface area contributed by atoms with Crippen LogP contribution in [0.1, 0.15) is 26.7 Å². The Labute approximate surface area is 99.6 Å². The molecular formula is C12H27NO3. The maximum Gasteiger partial charge on any atom is 0.0704 e. The highest BCUT2D eigenvalue weighted by molar-refractivity contribution is 4.53. The summed E-state index contributed by atoms with van der Waals surface area (Å²) in [6, 6.07) is 0. The maximum absolute atomic E-state index is 5.61. The first-order valence-corrected chi connectivity index (χ1v) is 6.20. The van der Waals surface area contributed by atoms with Crippen LogP contribution in [0.4, 0.5) is 0 Å². The molecule has 0 saturated heterocycles. The highest BCUT2D eigenvalue weighted by Crippen LogP contribution is 2.00.